The van der Waals surface area contributed by atoms with Gasteiger partial charge in [-0.05, 0) is 13.3 Å². The summed E-state index contributed by atoms with van der Waals surface area (Å²) in [7, 11) is 0. The van der Waals surface area contributed by atoms with Crippen molar-refractivity contribution >= 4 is 5.91 Å². The van der Waals surface area contributed by atoms with Crippen LogP contribution in [0.4, 0.5) is 0 Å². The highest BCUT2D eigenvalue weighted by Crippen LogP contribution is 2.12. The Kier molecular flexibility index (Phi) is 14.9. The zero-order chi connectivity index (χ0) is 18.2. The van der Waals surface area contributed by atoms with Gasteiger partial charge in [-0.1, -0.05) is 76.3 Å². The van der Waals surface area contributed by atoms with Crippen LogP contribution in [0.15, 0.2) is 5.18 Å². The Morgan fingerprint density at radius 2 is 1.38 bits per heavy atom. The third-order valence-corrected chi connectivity index (χ3v) is 4.34. The Bertz CT molecular complexity index is 324. The van der Waals surface area contributed by atoms with Crippen molar-refractivity contribution < 1.29 is 15.0 Å². The van der Waals surface area contributed by atoms with E-state index in [0.29, 0.717) is 6.42 Å². The number of amides is 1. The molecular weight excluding hydrogens is 308 g/mol. The van der Waals surface area contributed by atoms with Crippen LogP contribution in [-0.2, 0) is 4.79 Å². The average molecular weight is 344 g/mol. The molecule has 0 aromatic heterocycles. The highest BCUT2D eigenvalue weighted by atomic mass is 16.5. The maximum absolute atomic E-state index is 11.7. The summed E-state index contributed by atoms with van der Waals surface area (Å²) in [5.74, 6) is -0.173. The predicted molar refractivity (Wildman–Crippen MR) is 96.5 cm³/mol. The third-order valence-electron chi connectivity index (χ3n) is 4.34. The molecule has 142 valence electrons. The molecule has 0 aliphatic heterocycles. The van der Waals surface area contributed by atoms with E-state index >= 15 is 0 Å². The van der Waals surface area contributed by atoms with Gasteiger partial charge in [0.1, 0.15) is 0 Å². The monoisotopic (exact) mass is 344 g/mol. The molecule has 0 saturated heterocycles. The van der Waals surface area contributed by atoms with Crippen LogP contribution in [-0.4, -0.2) is 34.5 Å². The Morgan fingerprint density at radius 3 is 1.79 bits per heavy atom. The van der Waals surface area contributed by atoms with Crippen LogP contribution >= 0.6 is 0 Å². The molecule has 24 heavy (non-hydrogen) atoms. The SMILES string of the molecule is CCCCCCCCCCCCCC(=O)NC(C)C(N=O)C(O)O. The molecule has 0 fully saturated rings. The van der Waals surface area contributed by atoms with Crippen molar-refractivity contribution in [3.63, 3.8) is 0 Å². The lowest BCUT2D eigenvalue weighted by molar-refractivity contribution is -0.123. The predicted octanol–water partition coefficient (Wildman–Crippen LogP) is 3.64. The van der Waals surface area contributed by atoms with Crippen LogP contribution in [0, 0.1) is 4.91 Å². The number of nitroso groups, excluding NO2 is 1. The second-order valence-electron chi connectivity index (χ2n) is 6.65. The molecule has 0 bridgehead atoms. The molecule has 2 atom stereocenters. The Balaban J connectivity index is 3.51. The summed E-state index contributed by atoms with van der Waals surface area (Å²) in [6.45, 7) is 3.78. The number of hydrogen-bond donors (Lipinski definition) is 3. The second-order valence-corrected chi connectivity index (χ2v) is 6.65. The Hall–Kier alpha value is -1.01. The van der Waals surface area contributed by atoms with Crippen LogP contribution < -0.4 is 5.32 Å². The van der Waals surface area contributed by atoms with Crippen molar-refractivity contribution in [1.29, 1.82) is 0 Å². The third kappa shape index (κ3) is 12.4. The molecular formula is C18H36N2O4. The van der Waals surface area contributed by atoms with E-state index in [9.17, 15) is 9.70 Å². The van der Waals surface area contributed by atoms with Crippen LogP contribution in [0.25, 0.3) is 0 Å². The van der Waals surface area contributed by atoms with Gasteiger partial charge in [-0.3, -0.25) is 4.79 Å². The zero-order valence-electron chi connectivity index (χ0n) is 15.4. The molecule has 0 aliphatic carbocycles. The molecule has 0 spiro atoms. The quantitative estimate of drug-likeness (QED) is 0.226. The minimum Gasteiger partial charge on any atom is -0.366 e. The number of nitrogens with zero attached hydrogens (tertiary/aromatic N) is 1. The van der Waals surface area contributed by atoms with Crippen molar-refractivity contribution in [1.82, 2.24) is 5.32 Å². The molecule has 0 radical (unpaired) electrons. The van der Waals surface area contributed by atoms with Crippen molar-refractivity contribution in [3.05, 3.63) is 4.91 Å². The fourth-order valence-corrected chi connectivity index (χ4v) is 2.77. The summed E-state index contributed by atoms with van der Waals surface area (Å²) >= 11 is 0. The Morgan fingerprint density at radius 1 is 0.917 bits per heavy atom. The van der Waals surface area contributed by atoms with E-state index in [1.54, 1.807) is 6.92 Å². The standard InChI is InChI=1S/C18H36N2O4/c1-3-4-5-6-7-8-9-10-11-12-13-14-16(21)19-15(2)17(20-24)18(22)23/h15,17-18,22-23H,3-14H2,1-2H3,(H,19,21). The van der Waals surface area contributed by atoms with Crippen molar-refractivity contribution in [3.8, 4) is 0 Å². The van der Waals surface area contributed by atoms with Gasteiger partial charge >= 0.3 is 0 Å². The summed E-state index contributed by atoms with van der Waals surface area (Å²) in [4.78, 5) is 22.2. The van der Waals surface area contributed by atoms with Gasteiger partial charge in [0, 0.05) is 6.42 Å². The molecule has 3 N–H and O–H groups in total. The molecule has 0 saturated carbocycles. The summed E-state index contributed by atoms with van der Waals surface area (Å²) in [6, 6.07) is -1.91. The number of nitrogens with one attached hydrogen (secondary N) is 1. The lowest BCUT2D eigenvalue weighted by Gasteiger charge is -2.20. The molecule has 0 aromatic rings. The lowest BCUT2D eigenvalue weighted by Crippen LogP contribution is -2.45. The highest BCUT2D eigenvalue weighted by Gasteiger charge is 2.25. The Labute approximate surface area is 146 Å². The van der Waals surface area contributed by atoms with Gasteiger partial charge in [0.2, 0.25) is 5.91 Å². The smallest absolute Gasteiger partial charge is 0.220 e. The summed E-state index contributed by atoms with van der Waals surface area (Å²) < 4.78 is 0. The number of aliphatic hydroxyl groups is 2. The van der Waals surface area contributed by atoms with E-state index < -0.39 is 18.4 Å². The van der Waals surface area contributed by atoms with E-state index in [-0.39, 0.29) is 5.91 Å². The molecule has 6 heteroatoms. The maximum Gasteiger partial charge on any atom is 0.220 e. The molecule has 0 aromatic carbocycles. The fourth-order valence-electron chi connectivity index (χ4n) is 2.77. The average Bonchev–Trinajstić information content (AvgIpc) is 2.52. The second kappa shape index (κ2) is 15.5. The topological polar surface area (TPSA) is 99.0 Å². The van der Waals surface area contributed by atoms with E-state index in [2.05, 4.69) is 17.4 Å². The number of carbonyl (C=O) groups excluding carboxylic acids is 1. The first kappa shape index (κ1) is 23.0. The van der Waals surface area contributed by atoms with Gasteiger partial charge in [0.15, 0.2) is 12.3 Å². The van der Waals surface area contributed by atoms with E-state index in [4.69, 9.17) is 10.2 Å². The van der Waals surface area contributed by atoms with Gasteiger partial charge in [-0.15, -0.1) is 0 Å². The zero-order valence-corrected chi connectivity index (χ0v) is 15.4. The first-order valence-corrected chi connectivity index (χ1v) is 9.50. The minimum atomic E-state index is -1.85. The molecule has 0 rings (SSSR count). The number of rotatable bonds is 16. The summed E-state index contributed by atoms with van der Waals surface area (Å²) in [5.41, 5.74) is 0. The molecule has 0 heterocycles. The van der Waals surface area contributed by atoms with Crippen molar-refractivity contribution in [2.45, 2.75) is 109 Å². The largest absolute Gasteiger partial charge is 0.366 e. The van der Waals surface area contributed by atoms with Crippen LogP contribution in [0.1, 0.15) is 90.9 Å². The lowest BCUT2D eigenvalue weighted by atomic mass is 10.0. The van der Waals surface area contributed by atoms with Gasteiger partial charge in [0.05, 0.1) is 6.04 Å². The van der Waals surface area contributed by atoms with Crippen LogP contribution in [0.2, 0.25) is 0 Å². The highest BCUT2D eigenvalue weighted by molar-refractivity contribution is 5.76. The van der Waals surface area contributed by atoms with Crippen molar-refractivity contribution in [2.75, 3.05) is 0 Å². The number of aliphatic hydroxyl groups excluding tert-OH is 1. The normalized spacial score (nSPS) is 13.7. The van der Waals surface area contributed by atoms with Gasteiger partial charge in [0.25, 0.3) is 0 Å². The van der Waals surface area contributed by atoms with E-state index in [0.717, 1.165) is 19.3 Å². The first-order chi connectivity index (χ1) is 11.5. The van der Waals surface area contributed by atoms with Gasteiger partial charge < -0.3 is 15.5 Å². The van der Waals surface area contributed by atoms with Crippen LogP contribution in [0.5, 0.6) is 0 Å². The van der Waals surface area contributed by atoms with Gasteiger partial charge in [-0.25, -0.2) is 0 Å². The number of unbranched alkanes of at least 4 members (excludes halogenated alkanes) is 10. The first-order valence-electron chi connectivity index (χ1n) is 9.50. The molecule has 6 nitrogen and oxygen atoms in total. The van der Waals surface area contributed by atoms with Gasteiger partial charge in [-0.2, -0.15) is 4.91 Å². The fraction of sp³-hybridized carbons (Fsp3) is 0.944. The van der Waals surface area contributed by atoms with E-state index in [1.807, 2.05) is 0 Å². The molecule has 2 unspecified atom stereocenters. The number of carbonyl (C=O) groups is 1. The summed E-state index contributed by atoms with van der Waals surface area (Å²) in [5, 5.41) is 23.2. The van der Waals surface area contributed by atoms with Crippen LogP contribution in [0.3, 0.4) is 0 Å². The number of hydrogen-bond acceptors (Lipinski definition) is 5. The minimum absolute atomic E-state index is 0.173. The van der Waals surface area contributed by atoms with E-state index in [1.165, 1.54) is 51.4 Å². The maximum atomic E-state index is 11.7. The molecule has 0 aliphatic rings. The summed E-state index contributed by atoms with van der Waals surface area (Å²) in [6.07, 6.45) is 12.0. The molecule has 1 amide bonds. The van der Waals surface area contributed by atoms with Crippen molar-refractivity contribution in [2.24, 2.45) is 5.18 Å².